The molecular weight excluding hydrogens is 220 g/mol. The van der Waals surface area contributed by atoms with Gasteiger partial charge in [-0.25, -0.2) is 9.59 Å². The highest BCUT2D eigenvalue weighted by molar-refractivity contribution is 5.91. The molecule has 0 aliphatic heterocycles. The molecule has 0 saturated carbocycles. The third kappa shape index (κ3) is 1.53. The third-order valence-corrected chi connectivity index (χ3v) is 3.18. The second-order valence-electron chi connectivity index (χ2n) is 4.26. The number of hydrogen-bond acceptors (Lipinski definition) is 3. The molecule has 4 nitrogen and oxygen atoms in total. The van der Waals surface area contributed by atoms with Crippen LogP contribution in [-0.2, 0) is 12.8 Å². The number of aryl methyl sites for hydroxylation is 2. The first-order valence-electron chi connectivity index (χ1n) is 5.48. The predicted molar refractivity (Wildman–Crippen MR) is 61.5 cm³/mol. The standard InChI is InChI=1S/C13H10O4/c14-12(15)10-5-9-4-7-2-1-3-8(7)6-11(9)17-13(10)16/h4-6H,1-3H2,(H,14,15). The lowest BCUT2D eigenvalue weighted by atomic mass is 10.1. The van der Waals surface area contributed by atoms with E-state index in [1.165, 1.54) is 17.2 Å². The van der Waals surface area contributed by atoms with Crippen molar-refractivity contribution in [2.75, 3.05) is 0 Å². The van der Waals surface area contributed by atoms with E-state index in [-0.39, 0.29) is 5.56 Å². The fraction of sp³-hybridized carbons (Fsp3) is 0.231. The van der Waals surface area contributed by atoms with Crippen molar-refractivity contribution in [2.45, 2.75) is 19.3 Å². The molecule has 1 heterocycles. The van der Waals surface area contributed by atoms with E-state index < -0.39 is 11.6 Å². The van der Waals surface area contributed by atoms with Gasteiger partial charge in [-0.2, -0.15) is 0 Å². The molecule has 0 spiro atoms. The molecule has 0 atom stereocenters. The van der Waals surface area contributed by atoms with E-state index in [1.807, 2.05) is 12.1 Å². The molecule has 1 N–H and O–H groups in total. The van der Waals surface area contributed by atoms with Crippen LogP contribution >= 0.6 is 0 Å². The van der Waals surface area contributed by atoms with Crippen LogP contribution in [0.3, 0.4) is 0 Å². The van der Waals surface area contributed by atoms with Gasteiger partial charge in [-0.3, -0.25) is 0 Å². The molecule has 2 aromatic rings. The highest BCUT2D eigenvalue weighted by Crippen LogP contribution is 2.27. The predicted octanol–water partition coefficient (Wildman–Crippen LogP) is 1.98. The summed E-state index contributed by atoms with van der Waals surface area (Å²) in [6, 6.07) is 5.17. The largest absolute Gasteiger partial charge is 0.477 e. The highest BCUT2D eigenvalue weighted by Gasteiger charge is 2.16. The zero-order valence-electron chi connectivity index (χ0n) is 9.03. The van der Waals surface area contributed by atoms with Crippen LogP contribution in [0.4, 0.5) is 0 Å². The van der Waals surface area contributed by atoms with Crippen molar-refractivity contribution in [3.8, 4) is 0 Å². The summed E-state index contributed by atoms with van der Waals surface area (Å²) < 4.78 is 5.04. The van der Waals surface area contributed by atoms with Crippen LogP contribution in [0.15, 0.2) is 27.4 Å². The molecule has 17 heavy (non-hydrogen) atoms. The first-order valence-corrected chi connectivity index (χ1v) is 5.48. The number of carboxylic acid groups (broad SMARTS) is 1. The Morgan fingerprint density at radius 3 is 2.59 bits per heavy atom. The van der Waals surface area contributed by atoms with Crippen molar-refractivity contribution >= 4 is 16.9 Å². The normalized spacial score (nSPS) is 13.9. The number of carboxylic acids is 1. The minimum Gasteiger partial charge on any atom is -0.477 e. The first-order chi connectivity index (χ1) is 8.15. The Kier molecular flexibility index (Phi) is 2.04. The summed E-state index contributed by atoms with van der Waals surface area (Å²) in [5.74, 6) is -1.25. The molecule has 86 valence electrons. The Balaban J connectivity index is 2.33. The molecule has 0 bridgehead atoms. The summed E-state index contributed by atoms with van der Waals surface area (Å²) in [4.78, 5) is 22.3. The number of rotatable bonds is 1. The molecule has 1 aromatic carbocycles. The SMILES string of the molecule is O=C(O)c1cc2cc3c(cc2oc1=O)CCC3. The van der Waals surface area contributed by atoms with E-state index in [1.54, 1.807) is 0 Å². The van der Waals surface area contributed by atoms with Crippen molar-refractivity contribution in [3.05, 3.63) is 45.3 Å². The molecule has 1 aromatic heterocycles. The molecule has 0 fully saturated rings. The van der Waals surface area contributed by atoms with Gasteiger partial charge in [0.25, 0.3) is 0 Å². The molecule has 0 unspecified atom stereocenters. The second kappa shape index (κ2) is 3.45. The van der Waals surface area contributed by atoms with Gasteiger partial charge in [-0.05, 0) is 48.6 Å². The van der Waals surface area contributed by atoms with E-state index in [0.29, 0.717) is 11.0 Å². The quantitative estimate of drug-likeness (QED) is 0.760. The molecule has 0 amide bonds. The van der Waals surface area contributed by atoms with Gasteiger partial charge in [0.1, 0.15) is 11.1 Å². The average Bonchev–Trinajstić information content (AvgIpc) is 2.71. The summed E-state index contributed by atoms with van der Waals surface area (Å²) in [6.07, 6.45) is 3.10. The molecule has 0 radical (unpaired) electrons. The number of benzene rings is 1. The second-order valence-corrected chi connectivity index (χ2v) is 4.26. The summed E-state index contributed by atoms with van der Waals surface area (Å²) in [7, 11) is 0. The number of hydrogen-bond donors (Lipinski definition) is 1. The average molecular weight is 230 g/mol. The molecule has 1 aliphatic carbocycles. The van der Waals surface area contributed by atoms with Crippen LogP contribution in [0.1, 0.15) is 27.9 Å². The van der Waals surface area contributed by atoms with E-state index in [2.05, 4.69) is 0 Å². The Morgan fingerprint density at radius 1 is 1.18 bits per heavy atom. The van der Waals surface area contributed by atoms with Crippen molar-refractivity contribution in [1.29, 1.82) is 0 Å². The van der Waals surface area contributed by atoms with Crippen molar-refractivity contribution in [3.63, 3.8) is 0 Å². The molecule has 4 heteroatoms. The maximum Gasteiger partial charge on any atom is 0.351 e. The van der Waals surface area contributed by atoms with Gasteiger partial charge in [0.2, 0.25) is 0 Å². The Morgan fingerprint density at radius 2 is 1.88 bits per heavy atom. The molecular formula is C13H10O4. The summed E-state index contributed by atoms with van der Waals surface area (Å²) in [5, 5.41) is 9.54. The minimum atomic E-state index is -1.25. The number of fused-ring (bicyclic) bond motifs is 2. The van der Waals surface area contributed by atoms with Crippen LogP contribution in [0.25, 0.3) is 11.0 Å². The fourth-order valence-corrected chi connectivity index (χ4v) is 2.34. The van der Waals surface area contributed by atoms with Crippen LogP contribution < -0.4 is 5.63 Å². The van der Waals surface area contributed by atoms with Gasteiger partial charge < -0.3 is 9.52 Å². The number of aromatic carboxylic acids is 1. The molecule has 1 aliphatic rings. The molecule has 3 rings (SSSR count). The van der Waals surface area contributed by atoms with Gasteiger partial charge in [-0.1, -0.05) is 0 Å². The highest BCUT2D eigenvalue weighted by atomic mass is 16.4. The summed E-state index contributed by atoms with van der Waals surface area (Å²) in [5.41, 5.74) is 1.80. The van der Waals surface area contributed by atoms with Crippen molar-refractivity contribution in [1.82, 2.24) is 0 Å². The summed E-state index contributed by atoms with van der Waals surface area (Å²) in [6.45, 7) is 0. The van der Waals surface area contributed by atoms with Crippen LogP contribution in [0.5, 0.6) is 0 Å². The topological polar surface area (TPSA) is 67.5 Å². The smallest absolute Gasteiger partial charge is 0.351 e. The van der Waals surface area contributed by atoms with E-state index in [0.717, 1.165) is 19.3 Å². The zero-order chi connectivity index (χ0) is 12.0. The molecule has 0 saturated heterocycles. The van der Waals surface area contributed by atoms with Gasteiger partial charge in [0, 0.05) is 5.39 Å². The first kappa shape index (κ1) is 10.1. The van der Waals surface area contributed by atoms with Gasteiger partial charge >= 0.3 is 11.6 Å². The van der Waals surface area contributed by atoms with E-state index >= 15 is 0 Å². The number of carbonyl (C=O) groups is 1. The third-order valence-electron chi connectivity index (χ3n) is 3.18. The lowest BCUT2D eigenvalue weighted by Crippen LogP contribution is -2.12. The Hall–Kier alpha value is -2.10. The van der Waals surface area contributed by atoms with Crippen molar-refractivity contribution < 1.29 is 14.3 Å². The maximum atomic E-state index is 11.4. The van der Waals surface area contributed by atoms with Crippen molar-refractivity contribution in [2.24, 2.45) is 0 Å². The van der Waals surface area contributed by atoms with Crippen LogP contribution in [0.2, 0.25) is 0 Å². The minimum absolute atomic E-state index is 0.310. The van der Waals surface area contributed by atoms with Crippen LogP contribution in [0, 0.1) is 0 Å². The Bertz CT molecular complexity index is 682. The van der Waals surface area contributed by atoms with Gasteiger partial charge in [0.15, 0.2) is 0 Å². The Labute approximate surface area is 96.5 Å². The monoisotopic (exact) mass is 230 g/mol. The van der Waals surface area contributed by atoms with Crippen LogP contribution in [-0.4, -0.2) is 11.1 Å². The van der Waals surface area contributed by atoms with Gasteiger partial charge in [0.05, 0.1) is 0 Å². The maximum absolute atomic E-state index is 11.4. The lowest BCUT2D eigenvalue weighted by molar-refractivity contribution is 0.0692. The fourth-order valence-electron chi connectivity index (χ4n) is 2.34. The summed E-state index contributed by atoms with van der Waals surface area (Å²) >= 11 is 0. The zero-order valence-corrected chi connectivity index (χ0v) is 9.03. The van der Waals surface area contributed by atoms with E-state index in [4.69, 9.17) is 9.52 Å². The van der Waals surface area contributed by atoms with E-state index in [9.17, 15) is 9.59 Å². The lowest BCUT2D eigenvalue weighted by Gasteiger charge is -2.02. The van der Waals surface area contributed by atoms with Gasteiger partial charge in [-0.15, -0.1) is 0 Å².